The van der Waals surface area contributed by atoms with E-state index in [2.05, 4.69) is 5.32 Å². The van der Waals surface area contributed by atoms with Gasteiger partial charge < -0.3 is 5.32 Å². The normalized spacial score (nSPS) is 16.8. The largest absolute Gasteiger partial charge is 0.315 e. The molecule has 1 N–H and O–H groups in total. The first kappa shape index (κ1) is 13.5. The van der Waals surface area contributed by atoms with Gasteiger partial charge in [-0.1, -0.05) is 23.7 Å². The maximum Gasteiger partial charge on any atom is 0.126 e. The summed E-state index contributed by atoms with van der Waals surface area (Å²) in [7, 11) is 0. The Morgan fingerprint density at radius 2 is 1.60 bits per heavy atom. The molecule has 1 heterocycles. The molecule has 1 aliphatic heterocycles. The zero-order chi connectivity index (χ0) is 14.2. The first-order chi connectivity index (χ1) is 9.57. The van der Waals surface area contributed by atoms with Gasteiger partial charge in [0.2, 0.25) is 0 Å². The molecule has 0 radical (unpaired) electrons. The topological polar surface area (TPSA) is 12.0 Å². The van der Waals surface area contributed by atoms with Crippen molar-refractivity contribution < 1.29 is 8.78 Å². The molecular weight excluding hydrogens is 280 g/mol. The number of nitrogens with one attached hydrogen (secondary N) is 1. The fourth-order valence-corrected chi connectivity index (χ4v) is 2.89. The molecule has 4 heteroatoms. The third kappa shape index (κ3) is 2.56. The van der Waals surface area contributed by atoms with Crippen LogP contribution in [0.4, 0.5) is 8.78 Å². The Kier molecular flexibility index (Phi) is 3.48. The summed E-state index contributed by atoms with van der Waals surface area (Å²) in [6.07, 6.45) is 0.607. The third-order valence-corrected chi connectivity index (χ3v) is 4.10. The van der Waals surface area contributed by atoms with Gasteiger partial charge in [-0.3, -0.25) is 0 Å². The second-order valence-electron chi connectivity index (χ2n) is 5.35. The summed E-state index contributed by atoms with van der Waals surface area (Å²) in [5.74, 6) is -1.06. The van der Waals surface area contributed by atoms with Gasteiger partial charge in [0.05, 0.1) is 0 Å². The molecule has 1 fully saturated rings. The average Bonchev–Trinajstić information content (AvgIpc) is 2.34. The van der Waals surface area contributed by atoms with E-state index in [1.807, 2.05) is 24.3 Å². The van der Waals surface area contributed by atoms with Gasteiger partial charge in [-0.15, -0.1) is 0 Å². The van der Waals surface area contributed by atoms with Crippen LogP contribution < -0.4 is 5.32 Å². The van der Waals surface area contributed by atoms with Crippen molar-refractivity contribution in [3.05, 3.63) is 70.2 Å². The van der Waals surface area contributed by atoms with Crippen LogP contribution in [-0.4, -0.2) is 13.1 Å². The van der Waals surface area contributed by atoms with Crippen molar-refractivity contribution in [2.45, 2.75) is 11.8 Å². The molecule has 0 bridgehead atoms. The number of benzene rings is 2. The summed E-state index contributed by atoms with van der Waals surface area (Å²) in [6.45, 7) is 1.60. The van der Waals surface area contributed by atoms with Crippen LogP contribution in [0.15, 0.2) is 42.5 Å². The molecule has 1 nitrogen and oxygen atoms in total. The molecular formula is C16H14ClF2N. The van der Waals surface area contributed by atoms with Gasteiger partial charge in [-0.05, 0) is 41.8 Å². The van der Waals surface area contributed by atoms with Gasteiger partial charge in [-0.25, -0.2) is 8.78 Å². The van der Waals surface area contributed by atoms with Crippen LogP contribution in [0, 0.1) is 11.6 Å². The van der Waals surface area contributed by atoms with Gasteiger partial charge in [0.1, 0.15) is 11.6 Å². The molecule has 0 aliphatic carbocycles. The maximum atomic E-state index is 13.3. The Balaban J connectivity index is 1.91. The van der Waals surface area contributed by atoms with E-state index in [-0.39, 0.29) is 5.41 Å². The number of halogens is 3. The fourth-order valence-electron chi connectivity index (χ4n) is 2.77. The highest BCUT2D eigenvalue weighted by Crippen LogP contribution is 2.33. The van der Waals surface area contributed by atoms with Crippen molar-refractivity contribution in [2.75, 3.05) is 13.1 Å². The van der Waals surface area contributed by atoms with E-state index in [1.165, 1.54) is 12.1 Å². The number of hydrogen-bond donors (Lipinski definition) is 1. The van der Waals surface area contributed by atoms with Crippen LogP contribution in [0.1, 0.15) is 11.1 Å². The van der Waals surface area contributed by atoms with E-state index in [4.69, 9.17) is 11.6 Å². The Labute approximate surface area is 121 Å². The second kappa shape index (κ2) is 5.15. The lowest BCUT2D eigenvalue weighted by molar-refractivity contribution is 0.274. The first-order valence-corrected chi connectivity index (χ1v) is 6.87. The first-order valence-electron chi connectivity index (χ1n) is 6.49. The standard InChI is InChI=1S/C16H14ClF2N/c17-13-3-1-12(2-4-13)16(9-20-10-16)8-11-5-14(18)7-15(19)6-11/h1-7,20H,8-10H2. The van der Waals surface area contributed by atoms with Crippen molar-refractivity contribution in [3.63, 3.8) is 0 Å². The molecule has 1 aliphatic rings. The van der Waals surface area contributed by atoms with E-state index in [0.29, 0.717) is 17.0 Å². The smallest absolute Gasteiger partial charge is 0.126 e. The third-order valence-electron chi connectivity index (χ3n) is 3.85. The highest BCUT2D eigenvalue weighted by molar-refractivity contribution is 6.30. The fraction of sp³-hybridized carbons (Fsp3) is 0.250. The van der Waals surface area contributed by atoms with Crippen LogP contribution in [-0.2, 0) is 11.8 Å². The lowest BCUT2D eigenvalue weighted by atomic mass is 9.71. The van der Waals surface area contributed by atoms with E-state index >= 15 is 0 Å². The predicted octanol–water partition coefficient (Wildman–Crippen LogP) is 3.70. The zero-order valence-electron chi connectivity index (χ0n) is 10.8. The minimum atomic E-state index is -0.529. The van der Waals surface area contributed by atoms with Crippen molar-refractivity contribution in [3.8, 4) is 0 Å². The molecule has 0 atom stereocenters. The van der Waals surface area contributed by atoms with Crippen LogP contribution in [0.3, 0.4) is 0 Å². The number of rotatable bonds is 3. The van der Waals surface area contributed by atoms with Gasteiger partial charge in [0.25, 0.3) is 0 Å². The highest BCUT2D eigenvalue weighted by Gasteiger charge is 2.38. The summed E-state index contributed by atoms with van der Waals surface area (Å²) in [5, 5.41) is 3.93. The Morgan fingerprint density at radius 3 is 2.10 bits per heavy atom. The summed E-state index contributed by atoms with van der Waals surface area (Å²) in [4.78, 5) is 0. The lowest BCUT2D eigenvalue weighted by Gasteiger charge is -2.43. The quantitative estimate of drug-likeness (QED) is 0.910. The lowest BCUT2D eigenvalue weighted by Crippen LogP contribution is -2.58. The van der Waals surface area contributed by atoms with Gasteiger partial charge >= 0.3 is 0 Å². The van der Waals surface area contributed by atoms with Gasteiger partial charge in [0.15, 0.2) is 0 Å². The van der Waals surface area contributed by atoms with Crippen LogP contribution >= 0.6 is 11.6 Å². The van der Waals surface area contributed by atoms with Crippen LogP contribution in [0.5, 0.6) is 0 Å². The number of hydrogen-bond acceptors (Lipinski definition) is 1. The molecule has 2 aromatic carbocycles. The van der Waals surface area contributed by atoms with Crippen LogP contribution in [0.2, 0.25) is 5.02 Å². The van der Waals surface area contributed by atoms with E-state index < -0.39 is 11.6 Å². The molecule has 0 saturated carbocycles. The monoisotopic (exact) mass is 293 g/mol. The molecule has 0 amide bonds. The van der Waals surface area contributed by atoms with E-state index in [0.717, 1.165) is 24.7 Å². The Hall–Kier alpha value is -1.45. The minimum absolute atomic E-state index is 0.106. The van der Waals surface area contributed by atoms with Gasteiger partial charge in [0, 0.05) is 29.6 Å². The molecule has 104 valence electrons. The van der Waals surface area contributed by atoms with E-state index in [9.17, 15) is 8.78 Å². The zero-order valence-corrected chi connectivity index (χ0v) is 11.6. The van der Waals surface area contributed by atoms with E-state index in [1.54, 1.807) is 0 Å². The maximum absolute atomic E-state index is 13.3. The summed E-state index contributed by atoms with van der Waals surface area (Å²) >= 11 is 5.91. The predicted molar refractivity (Wildman–Crippen MR) is 76.1 cm³/mol. The summed E-state index contributed by atoms with van der Waals surface area (Å²) in [6, 6.07) is 11.4. The molecule has 1 saturated heterocycles. The highest BCUT2D eigenvalue weighted by atomic mass is 35.5. The summed E-state index contributed by atoms with van der Waals surface area (Å²) < 4.78 is 26.6. The minimum Gasteiger partial charge on any atom is -0.315 e. The average molecular weight is 294 g/mol. The summed E-state index contributed by atoms with van der Waals surface area (Å²) in [5.41, 5.74) is 1.72. The second-order valence-corrected chi connectivity index (χ2v) is 5.78. The van der Waals surface area contributed by atoms with Crippen molar-refractivity contribution in [1.82, 2.24) is 5.32 Å². The molecule has 0 unspecified atom stereocenters. The Morgan fingerprint density at radius 1 is 1.00 bits per heavy atom. The SMILES string of the molecule is Fc1cc(F)cc(CC2(c3ccc(Cl)cc3)CNC2)c1. The van der Waals surface area contributed by atoms with Crippen molar-refractivity contribution >= 4 is 11.6 Å². The molecule has 0 spiro atoms. The molecule has 2 aromatic rings. The molecule has 3 rings (SSSR count). The van der Waals surface area contributed by atoms with Gasteiger partial charge in [-0.2, -0.15) is 0 Å². The molecule has 0 aromatic heterocycles. The Bertz CT molecular complexity index is 601. The van der Waals surface area contributed by atoms with Crippen molar-refractivity contribution in [1.29, 1.82) is 0 Å². The van der Waals surface area contributed by atoms with Crippen LogP contribution in [0.25, 0.3) is 0 Å². The van der Waals surface area contributed by atoms with Crippen molar-refractivity contribution in [2.24, 2.45) is 0 Å². The molecule has 20 heavy (non-hydrogen) atoms.